The van der Waals surface area contributed by atoms with Crippen LogP contribution in [0.2, 0.25) is 0 Å². The lowest BCUT2D eigenvalue weighted by molar-refractivity contribution is -0.00946. The summed E-state index contributed by atoms with van der Waals surface area (Å²) in [5.41, 5.74) is 0.773. The molecule has 0 radical (unpaired) electrons. The van der Waals surface area contributed by atoms with Gasteiger partial charge in [-0.1, -0.05) is 6.07 Å². The third-order valence-electron chi connectivity index (χ3n) is 2.14. The van der Waals surface area contributed by atoms with Gasteiger partial charge in [0.05, 0.1) is 26.9 Å². The second-order valence-electron chi connectivity index (χ2n) is 3.31. The molecule has 5 heteroatoms. The number of hydrogen-bond donors (Lipinski definition) is 1. The number of methoxy groups -OCH3 is 2. The van der Waals surface area contributed by atoms with Crippen LogP contribution in [0.1, 0.15) is 5.56 Å². The summed E-state index contributed by atoms with van der Waals surface area (Å²) in [5.74, 6) is 1.16. The molecule has 0 atom stereocenters. The van der Waals surface area contributed by atoms with E-state index in [4.69, 9.17) is 24.1 Å². The highest BCUT2D eigenvalue weighted by atomic mass is 16.7. The van der Waals surface area contributed by atoms with Crippen LogP contribution in [0.15, 0.2) is 18.2 Å². The first-order chi connectivity index (χ1) is 8.31. The molecule has 0 aromatic heterocycles. The van der Waals surface area contributed by atoms with Crippen molar-refractivity contribution in [3.05, 3.63) is 23.8 Å². The van der Waals surface area contributed by atoms with Crippen LogP contribution in [0.25, 0.3) is 0 Å². The summed E-state index contributed by atoms with van der Waals surface area (Å²) < 4.78 is 20.6. The second kappa shape index (κ2) is 7.89. The van der Waals surface area contributed by atoms with E-state index < -0.39 is 0 Å². The van der Waals surface area contributed by atoms with Crippen molar-refractivity contribution in [2.75, 3.05) is 34.2 Å². The molecular formula is C12H18O5. The lowest BCUT2D eigenvalue weighted by Gasteiger charge is -2.11. The molecule has 0 heterocycles. The maximum absolute atomic E-state index is 8.99. The van der Waals surface area contributed by atoms with E-state index in [0.29, 0.717) is 24.7 Å². The SMILES string of the molecule is COCCOCOc1ccc(CO)cc1OC. The number of benzene rings is 1. The zero-order valence-electron chi connectivity index (χ0n) is 10.1. The number of aliphatic hydroxyl groups excluding tert-OH is 1. The molecular weight excluding hydrogens is 224 g/mol. The van der Waals surface area contributed by atoms with Crippen LogP contribution in [-0.2, 0) is 16.1 Å². The van der Waals surface area contributed by atoms with Gasteiger partial charge in [-0.25, -0.2) is 0 Å². The van der Waals surface area contributed by atoms with E-state index in [2.05, 4.69) is 0 Å². The minimum atomic E-state index is -0.0268. The van der Waals surface area contributed by atoms with Crippen LogP contribution in [0.4, 0.5) is 0 Å². The second-order valence-corrected chi connectivity index (χ2v) is 3.31. The Morgan fingerprint density at radius 3 is 2.59 bits per heavy atom. The van der Waals surface area contributed by atoms with Crippen LogP contribution in [0.5, 0.6) is 11.5 Å². The predicted octanol–water partition coefficient (Wildman–Crippen LogP) is 1.19. The minimum absolute atomic E-state index is 0.0268. The van der Waals surface area contributed by atoms with E-state index in [9.17, 15) is 0 Å². The number of rotatable bonds is 8. The monoisotopic (exact) mass is 242 g/mol. The summed E-state index contributed by atoms with van der Waals surface area (Å²) in [6.07, 6.45) is 0. The maximum atomic E-state index is 8.99. The molecule has 1 aromatic carbocycles. The smallest absolute Gasteiger partial charge is 0.189 e. The van der Waals surface area contributed by atoms with Crippen LogP contribution in [0.3, 0.4) is 0 Å². The fraction of sp³-hybridized carbons (Fsp3) is 0.500. The first-order valence-electron chi connectivity index (χ1n) is 5.29. The van der Waals surface area contributed by atoms with Gasteiger partial charge in [-0.15, -0.1) is 0 Å². The van der Waals surface area contributed by atoms with Gasteiger partial charge in [0.25, 0.3) is 0 Å². The van der Waals surface area contributed by atoms with Crippen LogP contribution < -0.4 is 9.47 Å². The summed E-state index contributed by atoms with van der Waals surface area (Å²) in [6.45, 7) is 1.12. The molecule has 0 aliphatic heterocycles. The molecule has 17 heavy (non-hydrogen) atoms. The molecule has 0 aliphatic carbocycles. The van der Waals surface area contributed by atoms with Crippen molar-refractivity contribution in [3.63, 3.8) is 0 Å². The Balaban J connectivity index is 2.46. The van der Waals surface area contributed by atoms with E-state index in [-0.39, 0.29) is 13.4 Å². The Morgan fingerprint density at radius 1 is 1.12 bits per heavy atom. The summed E-state index contributed by atoms with van der Waals surface area (Å²) in [7, 11) is 3.16. The van der Waals surface area contributed by atoms with Crippen molar-refractivity contribution in [1.82, 2.24) is 0 Å². The molecule has 0 spiro atoms. The summed E-state index contributed by atoms with van der Waals surface area (Å²) >= 11 is 0. The predicted molar refractivity (Wildman–Crippen MR) is 62.2 cm³/mol. The highest BCUT2D eigenvalue weighted by Gasteiger charge is 2.05. The molecule has 0 unspecified atom stereocenters. The quantitative estimate of drug-likeness (QED) is 0.548. The number of hydrogen-bond acceptors (Lipinski definition) is 5. The molecule has 0 fully saturated rings. The van der Waals surface area contributed by atoms with Gasteiger partial charge in [-0.05, 0) is 17.7 Å². The molecule has 1 rings (SSSR count). The van der Waals surface area contributed by atoms with Gasteiger partial charge >= 0.3 is 0 Å². The van der Waals surface area contributed by atoms with Crippen molar-refractivity contribution in [1.29, 1.82) is 0 Å². The molecule has 0 amide bonds. The molecule has 0 bridgehead atoms. The summed E-state index contributed by atoms with van der Waals surface area (Å²) in [6, 6.07) is 5.24. The zero-order valence-corrected chi connectivity index (χ0v) is 10.1. The zero-order chi connectivity index (χ0) is 12.5. The fourth-order valence-corrected chi connectivity index (χ4v) is 1.24. The molecule has 1 N–H and O–H groups in total. The van der Waals surface area contributed by atoms with Gasteiger partial charge in [-0.2, -0.15) is 0 Å². The minimum Gasteiger partial charge on any atom is -0.493 e. The van der Waals surface area contributed by atoms with Crippen molar-refractivity contribution < 1.29 is 24.1 Å². The Labute approximate surface area is 101 Å². The molecule has 0 saturated heterocycles. The van der Waals surface area contributed by atoms with Crippen molar-refractivity contribution in [3.8, 4) is 11.5 Å². The van der Waals surface area contributed by atoms with Crippen LogP contribution in [-0.4, -0.2) is 39.3 Å². The average Bonchev–Trinajstić information content (AvgIpc) is 2.38. The third kappa shape index (κ3) is 4.60. The molecule has 0 aliphatic rings. The lowest BCUT2D eigenvalue weighted by Crippen LogP contribution is -2.08. The normalized spacial score (nSPS) is 10.3. The van der Waals surface area contributed by atoms with E-state index in [1.807, 2.05) is 0 Å². The standard InChI is InChI=1S/C12H18O5/c1-14-5-6-16-9-17-11-4-3-10(8-13)7-12(11)15-2/h3-4,7,13H,5-6,8-9H2,1-2H3. The Kier molecular flexibility index (Phi) is 6.39. The van der Waals surface area contributed by atoms with Crippen LogP contribution in [0, 0.1) is 0 Å². The van der Waals surface area contributed by atoms with Crippen molar-refractivity contribution >= 4 is 0 Å². The molecule has 0 saturated carbocycles. The highest BCUT2D eigenvalue weighted by molar-refractivity contribution is 5.42. The van der Waals surface area contributed by atoms with Gasteiger partial charge in [-0.3, -0.25) is 0 Å². The van der Waals surface area contributed by atoms with Gasteiger partial charge < -0.3 is 24.1 Å². The first kappa shape index (κ1) is 13.8. The number of aliphatic hydroxyl groups is 1. The van der Waals surface area contributed by atoms with Crippen molar-refractivity contribution in [2.45, 2.75) is 6.61 Å². The topological polar surface area (TPSA) is 57.2 Å². The number of ether oxygens (including phenoxy) is 4. The van der Waals surface area contributed by atoms with Gasteiger partial charge in [0, 0.05) is 7.11 Å². The van der Waals surface area contributed by atoms with Crippen molar-refractivity contribution in [2.24, 2.45) is 0 Å². The average molecular weight is 242 g/mol. The lowest BCUT2D eigenvalue weighted by atomic mass is 10.2. The summed E-state index contributed by atoms with van der Waals surface area (Å²) in [4.78, 5) is 0. The van der Waals surface area contributed by atoms with Crippen LogP contribution >= 0.6 is 0 Å². The molecule has 1 aromatic rings. The fourth-order valence-electron chi connectivity index (χ4n) is 1.24. The highest BCUT2D eigenvalue weighted by Crippen LogP contribution is 2.27. The third-order valence-corrected chi connectivity index (χ3v) is 2.14. The Bertz CT molecular complexity index is 327. The Morgan fingerprint density at radius 2 is 1.94 bits per heavy atom. The Hall–Kier alpha value is -1.30. The van der Waals surface area contributed by atoms with E-state index >= 15 is 0 Å². The largest absolute Gasteiger partial charge is 0.493 e. The van der Waals surface area contributed by atoms with E-state index in [0.717, 1.165) is 5.56 Å². The van der Waals surface area contributed by atoms with E-state index in [1.54, 1.807) is 32.4 Å². The summed E-state index contributed by atoms with van der Waals surface area (Å²) in [5, 5.41) is 8.99. The van der Waals surface area contributed by atoms with E-state index in [1.165, 1.54) is 0 Å². The maximum Gasteiger partial charge on any atom is 0.189 e. The van der Waals surface area contributed by atoms with Gasteiger partial charge in [0.15, 0.2) is 18.3 Å². The van der Waals surface area contributed by atoms with Gasteiger partial charge in [0.2, 0.25) is 0 Å². The first-order valence-corrected chi connectivity index (χ1v) is 5.29. The van der Waals surface area contributed by atoms with Gasteiger partial charge in [0.1, 0.15) is 0 Å². The molecule has 5 nitrogen and oxygen atoms in total. The molecule has 96 valence electrons.